The molecular formula is C17H24N2O2S. The first-order chi connectivity index (χ1) is 10.6. The van der Waals surface area contributed by atoms with Gasteiger partial charge < -0.3 is 15.7 Å². The summed E-state index contributed by atoms with van der Waals surface area (Å²) < 4.78 is 0.156. The molecule has 2 amide bonds. The van der Waals surface area contributed by atoms with Crippen LogP contribution in [-0.2, 0) is 0 Å². The van der Waals surface area contributed by atoms with E-state index in [1.807, 2.05) is 30.0 Å². The summed E-state index contributed by atoms with van der Waals surface area (Å²) in [5, 5.41) is 16.0. The number of amides is 2. The molecule has 1 aromatic carbocycles. The zero-order valence-electron chi connectivity index (χ0n) is 12.8. The average Bonchev–Trinajstić information content (AvgIpc) is 3.15. The second kappa shape index (κ2) is 6.50. The van der Waals surface area contributed by atoms with E-state index in [2.05, 4.69) is 22.8 Å². The number of hydrogen-bond donors (Lipinski definition) is 3. The van der Waals surface area contributed by atoms with Crippen LogP contribution >= 0.6 is 11.8 Å². The van der Waals surface area contributed by atoms with E-state index in [1.165, 1.54) is 4.90 Å². The van der Waals surface area contributed by atoms with Crippen LogP contribution < -0.4 is 10.6 Å². The molecule has 4 nitrogen and oxygen atoms in total. The molecule has 2 aliphatic rings. The Morgan fingerprint density at radius 2 is 1.68 bits per heavy atom. The van der Waals surface area contributed by atoms with Gasteiger partial charge in [0.05, 0.1) is 5.60 Å². The van der Waals surface area contributed by atoms with Crippen molar-refractivity contribution in [1.82, 2.24) is 10.6 Å². The minimum Gasteiger partial charge on any atom is -0.388 e. The molecule has 0 bridgehead atoms. The molecule has 0 aromatic heterocycles. The number of hydrogen-bond acceptors (Lipinski definition) is 3. The molecule has 5 heteroatoms. The lowest BCUT2D eigenvalue weighted by Gasteiger charge is -2.23. The molecule has 0 unspecified atom stereocenters. The smallest absolute Gasteiger partial charge is 0.314 e. The maximum atomic E-state index is 11.9. The van der Waals surface area contributed by atoms with Crippen molar-refractivity contribution in [2.24, 2.45) is 0 Å². The molecule has 2 fully saturated rings. The van der Waals surface area contributed by atoms with E-state index in [0.717, 1.165) is 38.5 Å². The van der Waals surface area contributed by atoms with Crippen molar-refractivity contribution in [2.75, 3.05) is 13.1 Å². The van der Waals surface area contributed by atoms with E-state index >= 15 is 0 Å². The summed E-state index contributed by atoms with van der Waals surface area (Å²) >= 11 is 1.85. The summed E-state index contributed by atoms with van der Waals surface area (Å²) in [6.07, 6.45) is 5.96. The number of thioether (sulfide) groups is 1. The zero-order chi connectivity index (χ0) is 15.5. The number of rotatable bonds is 6. The molecule has 3 rings (SSSR count). The quantitative estimate of drug-likeness (QED) is 0.755. The van der Waals surface area contributed by atoms with Crippen molar-refractivity contribution in [3.8, 4) is 0 Å². The highest BCUT2D eigenvalue weighted by atomic mass is 32.2. The maximum Gasteiger partial charge on any atom is 0.314 e. The van der Waals surface area contributed by atoms with Crippen molar-refractivity contribution in [1.29, 1.82) is 0 Å². The largest absolute Gasteiger partial charge is 0.388 e. The minimum absolute atomic E-state index is 0.156. The molecular weight excluding hydrogens is 296 g/mol. The fourth-order valence-corrected chi connectivity index (χ4v) is 4.20. The molecule has 0 saturated heterocycles. The minimum atomic E-state index is -0.687. The highest BCUT2D eigenvalue weighted by molar-refractivity contribution is 8.01. The third-order valence-electron chi connectivity index (χ3n) is 4.57. The first-order valence-corrected chi connectivity index (χ1v) is 8.89. The van der Waals surface area contributed by atoms with Crippen LogP contribution in [0.25, 0.3) is 0 Å². The van der Waals surface area contributed by atoms with Gasteiger partial charge in [-0.1, -0.05) is 31.0 Å². The number of carbonyl (C=O) groups is 1. The SMILES string of the molecule is O=C(NCC1(O)CCCC1)NCC1(Sc2ccccc2)CC1. The summed E-state index contributed by atoms with van der Waals surface area (Å²) in [5.41, 5.74) is -0.687. The fourth-order valence-electron chi connectivity index (χ4n) is 2.95. The maximum absolute atomic E-state index is 11.9. The average molecular weight is 320 g/mol. The molecule has 2 saturated carbocycles. The molecule has 0 radical (unpaired) electrons. The number of carbonyl (C=O) groups excluding carboxylic acids is 1. The second-order valence-corrected chi connectivity index (χ2v) is 8.11. The molecule has 0 spiro atoms. The van der Waals surface area contributed by atoms with Crippen LogP contribution in [0, 0.1) is 0 Å². The molecule has 3 N–H and O–H groups in total. The van der Waals surface area contributed by atoms with Crippen LogP contribution in [0.5, 0.6) is 0 Å². The predicted molar refractivity (Wildman–Crippen MR) is 89.1 cm³/mol. The van der Waals surface area contributed by atoms with Crippen molar-refractivity contribution in [3.63, 3.8) is 0 Å². The van der Waals surface area contributed by atoms with E-state index in [0.29, 0.717) is 13.1 Å². The van der Waals surface area contributed by atoms with Gasteiger partial charge in [-0.2, -0.15) is 0 Å². The van der Waals surface area contributed by atoms with E-state index in [1.54, 1.807) is 0 Å². The van der Waals surface area contributed by atoms with E-state index in [-0.39, 0.29) is 10.8 Å². The van der Waals surface area contributed by atoms with E-state index in [9.17, 15) is 9.90 Å². The number of nitrogens with one attached hydrogen (secondary N) is 2. The molecule has 120 valence electrons. The third-order valence-corrected chi connectivity index (χ3v) is 6.06. The lowest BCUT2D eigenvalue weighted by atomic mass is 10.0. The van der Waals surface area contributed by atoms with Crippen molar-refractivity contribution < 1.29 is 9.90 Å². The first-order valence-electron chi connectivity index (χ1n) is 8.08. The lowest BCUT2D eigenvalue weighted by Crippen LogP contribution is -2.46. The third kappa shape index (κ3) is 4.17. The summed E-state index contributed by atoms with van der Waals surface area (Å²) in [5.74, 6) is 0. The van der Waals surface area contributed by atoms with Gasteiger partial charge in [0.2, 0.25) is 0 Å². The molecule has 2 aliphatic carbocycles. The Morgan fingerprint density at radius 1 is 1.05 bits per heavy atom. The van der Waals surface area contributed by atoms with Crippen molar-refractivity contribution >= 4 is 17.8 Å². The number of urea groups is 1. The Bertz CT molecular complexity index is 511. The number of benzene rings is 1. The summed E-state index contributed by atoms with van der Waals surface area (Å²) in [7, 11) is 0. The Kier molecular flexibility index (Phi) is 4.64. The summed E-state index contributed by atoms with van der Waals surface area (Å²) in [4.78, 5) is 13.2. The van der Waals surface area contributed by atoms with Crippen LogP contribution in [0.4, 0.5) is 4.79 Å². The van der Waals surface area contributed by atoms with Gasteiger partial charge in [-0.05, 0) is 37.8 Å². The van der Waals surface area contributed by atoms with Gasteiger partial charge in [-0.25, -0.2) is 4.79 Å². The number of aliphatic hydroxyl groups is 1. The van der Waals surface area contributed by atoms with Crippen molar-refractivity contribution in [2.45, 2.75) is 53.8 Å². The Labute approximate surface area is 136 Å². The van der Waals surface area contributed by atoms with Gasteiger partial charge in [0.15, 0.2) is 0 Å². The topological polar surface area (TPSA) is 61.4 Å². The molecule has 1 aromatic rings. The highest BCUT2D eigenvalue weighted by Crippen LogP contribution is 2.51. The molecule has 0 atom stereocenters. The Morgan fingerprint density at radius 3 is 2.32 bits per heavy atom. The lowest BCUT2D eigenvalue weighted by molar-refractivity contribution is 0.0501. The standard InChI is InChI=1S/C17H24N2O2S/c20-15(18-12-16(21)8-4-5-9-16)19-13-17(10-11-17)22-14-6-2-1-3-7-14/h1-3,6-7,21H,4-5,8-13H2,(H2,18,19,20). The van der Waals surface area contributed by atoms with Gasteiger partial charge in [0.1, 0.15) is 0 Å². The van der Waals surface area contributed by atoms with Crippen LogP contribution in [0.3, 0.4) is 0 Å². The van der Waals surface area contributed by atoms with Gasteiger partial charge in [0, 0.05) is 22.7 Å². The van der Waals surface area contributed by atoms with Gasteiger partial charge in [-0.15, -0.1) is 11.8 Å². The normalized spacial score (nSPS) is 21.3. The Hall–Kier alpha value is -1.20. The van der Waals surface area contributed by atoms with E-state index < -0.39 is 5.60 Å². The van der Waals surface area contributed by atoms with Crippen LogP contribution in [0.1, 0.15) is 38.5 Å². The summed E-state index contributed by atoms with van der Waals surface area (Å²) in [6, 6.07) is 10.2. The first kappa shape index (κ1) is 15.7. The fraction of sp³-hybridized carbons (Fsp3) is 0.588. The van der Waals surface area contributed by atoms with Crippen molar-refractivity contribution in [3.05, 3.63) is 30.3 Å². The van der Waals surface area contributed by atoms with Gasteiger partial charge >= 0.3 is 6.03 Å². The predicted octanol–water partition coefficient (Wildman–Crippen LogP) is 2.92. The molecule has 0 heterocycles. The van der Waals surface area contributed by atoms with Gasteiger partial charge in [0.25, 0.3) is 0 Å². The molecule has 0 aliphatic heterocycles. The monoisotopic (exact) mass is 320 g/mol. The Balaban J connectivity index is 1.41. The van der Waals surface area contributed by atoms with Gasteiger partial charge in [-0.3, -0.25) is 0 Å². The zero-order valence-corrected chi connectivity index (χ0v) is 13.6. The van der Waals surface area contributed by atoms with Crippen LogP contribution in [0.2, 0.25) is 0 Å². The van der Waals surface area contributed by atoms with Crippen LogP contribution in [-0.4, -0.2) is 34.6 Å². The van der Waals surface area contributed by atoms with E-state index in [4.69, 9.17) is 0 Å². The molecule has 22 heavy (non-hydrogen) atoms. The second-order valence-electron chi connectivity index (χ2n) is 6.57. The van der Waals surface area contributed by atoms with Crippen LogP contribution in [0.15, 0.2) is 35.2 Å². The summed E-state index contributed by atoms with van der Waals surface area (Å²) in [6.45, 7) is 1.04. The highest BCUT2D eigenvalue weighted by Gasteiger charge is 2.44.